The Labute approximate surface area is 161 Å². The van der Waals surface area contributed by atoms with Gasteiger partial charge in [-0.1, -0.05) is 19.3 Å². The van der Waals surface area contributed by atoms with Crippen LogP contribution in [0.1, 0.15) is 59.6 Å². The average Bonchev–Trinajstić information content (AvgIpc) is 3.09. The number of rotatable bonds is 4. The molecular weight excluding hydrogens is 338 g/mol. The first-order chi connectivity index (χ1) is 13.2. The Morgan fingerprint density at radius 2 is 1.93 bits per heavy atom. The van der Waals surface area contributed by atoms with Gasteiger partial charge in [-0.2, -0.15) is 5.10 Å². The van der Waals surface area contributed by atoms with E-state index in [9.17, 15) is 4.79 Å². The third kappa shape index (κ3) is 4.21. The maximum absolute atomic E-state index is 12.6. The SMILES string of the molecule is Cn1cc(CN2CCN(C(=O)c3cccnc3)CC2)c(C2CCCCC2)n1. The molecule has 0 spiro atoms. The molecule has 1 amide bonds. The predicted molar refractivity (Wildman–Crippen MR) is 104 cm³/mol. The molecule has 0 bridgehead atoms. The van der Waals surface area contributed by atoms with E-state index in [1.807, 2.05) is 28.8 Å². The van der Waals surface area contributed by atoms with Gasteiger partial charge in [0, 0.05) is 69.8 Å². The van der Waals surface area contributed by atoms with Crippen molar-refractivity contribution >= 4 is 5.91 Å². The lowest BCUT2D eigenvalue weighted by Gasteiger charge is -2.35. The molecule has 2 aromatic rings. The Bertz CT molecular complexity index is 758. The Kier molecular flexibility index (Phi) is 5.53. The molecule has 6 nitrogen and oxygen atoms in total. The summed E-state index contributed by atoms with van der Waals surface area (Å²) in [5.41, 5.74) is 3.36. The quantitative estimate of drug-likeness (QED) is 0.834. The Balaban J connectivity index is 1.36. The summed E-state index contributed by atoms with van der Waals surface area (Å²) in [6.45, 7) is 4.30. The van der Waals surface area contributed by atoms with E-state index in [-0.39, 0.29) is 5.91 Å². The van der Waals surface area contributed by atoms with Crippen LogP contribution in [0.3, 0.4) is 0 Å². The van der Waals surface area contributed by atoms with Gasteiger partial charge in [0.15, 0.2) is 0 Å². The lowest BCUT2D eigenvalue weighted by Crippen LogP contribution is -2.48. The van der Waals surface area contributed by atoms with Crippen molar-refractivity contribution in [2.24, 2.45) is 7.05 Å². The Hall–Kier alpha value is -2.21. The van der Waals surface area contributed by atoms with E-state index in [0.717, 1.165) is 32.7 Å². The minimum absolute atomic E-state index is 0.0898. The Morgan fingerprint density at radius 1 is 1.15 bits per heavy atom. The fourth-order valence-electron chi connectivity index (χ4n) is 4.42. The van der Waals surface area contributed by atoms with Gasteiger partial charge in [-0.05, 0) is 25.0 Å². The normalized spacial score (nSPS) is 19.4. The predicted octanol–water partition coefficient (Wildman–Crippen LogP) is 2.82. The molecule has 3 heterocycles. The number of aromatic nitrogens is 3. The van der Waals surface area contributed by atoms with Crippen molar-refractivity contribution in [2.75, 3.05) is 26.2 Å². The van der Waals surface area contributed by atoms with Crippen LogP contribution in [0.2, 0.25) is 0 Å². The molecular formula is C21H29N5O. The monoisotopic (exact) mass is 367 g/mol. The van der Waals surface area contributed by atoms with Crippen LogP contribution < -0.4 is 0 Å². The van der Waals surface area contributed by atoms with Gasteiger partial charge in [0.2, 0.25) is 0 Å². The van der Waals surface area contributed by atoms with Crippen LogP contribution in [-0.4, -0.2) is 56.7 Å². The van der Waals surface area contributed by atoms with Gasteiger partial charge in [0.05, 0.1) is 11.3 Å². The van der Waals surface area contributed by atoms with Crippen molar-refractivity contribution in [2.45, 2.75) is 44.6 Å². The number of carbonyl (C=O) groups excluding carboxylic acids is 1. The molecule has 1 saturated carbocycles. The molecule has 2 aliphatic rings. The number of nitrogens with zero attached hydrogens (tertiary/aromatic N) is 5. The fourth-order valence-corrected chi connectivity index (χ4v) is 4.42. The zero-order chi connectivity index (χ0) is 18.6. The fraction of sp³-hybridized carbons (Fsp3) is 0.571. The number of amides is 1. The first-order valence-corrected chi connectivity index (χ1v) is 10.1. The summed E-state index contributed by atoms with van der Waals surface area (Å²) in [4.78, 5) is 21.0. The average molecular weight is 367 g/mol. The topological polar surface area (TPSA) is 54.3 Å². The summed E-state index contributed by atoms with van der Waals surface area (Å²) in [5.74, 6) is 0.718. The highest BCUT2D eigenvalue weighted by Crippen LogP contribution is 2.33. The number of aryl methyl sites for hydroxylation is 1. The number of carbonyl (C=O) groups is 1. The van der Waals surface area contributed by atoms with Crippen LogP contribution in [-0.2, 0) is 13.6 Å². The zero-order valence-corrected chi connectivity index (χ0v) is 16.2. The van der Waals surface area contributed by atoms with Gasteiger partial charge in [-0.3, -0.25) is 19.4 Å². The first-order valence-electron chi connectivity index (χ1n) is 10.1. The maximum atomic E-state index is 12.6. The molecule has 0 N–H and O–H groups in total. The highest BCUT2D eigenvalue weighted by atomic mass is 16.2. The second-order valence-corrected chi connectivity index (χ2v) is 7.86. The summed E-state index contributed by atoms with van der Waals surface area (Å²) in [7, 11) is 2.03. The van der Waals surface area contributed by atoms with Crippen molar-refractivity contribution in [3.05, 3.63) is 47.5 Å². The maximum Gasteiger partial charge on any atom is 0.255 e. The number of piperazine rings is 1. The lowest BCUT2D eigenvalue weighted by atomic mass is 9.85. The van der Waals surface area contributed by atoms with Crippen LogP contribution in [0.25, 0.3) is 0 Å². The second kappa shape index (κ2) is 8.21. The number of hydrogen-bond acceptors (Lipinski definition) is 4. The molecule has 0 unspecified atom stereocenters. The minimum Gasteiger partial charge on any atom is -0.336 e. The highest BCUT2D eigenvalue weighted by molar-refractivity contribution is 5.93. The number of pyridine rings is 1. The number of hydrogen-bond donors (Lipinski definition) is 0. The standard InChI is InChI=1S/C21H29N5O/c1-24-15-19(20(23-24)17-6-3-2-4-7-17)16-25-10-12-26(13-11-25)21(27)18-8-5-9-22-14-18/h5,8-9,14-15,17H,2-4,6-7,10-13,16H2,1H3. The molecule has 1 aliphatic heterocycles. The summed E-state index contributed by atoms with van der Waals surface area (Å²) in [6.07, 6.45) is 12.1. The molecule has 0 radical (unpaired) electrons. The smallest absolute Gasteiger partial charge is 0.255 e. The summed E-state index contributed by atoms with van der Waals surface area (Å²) in [6, 6.07) is 3.66. The zero-order valence-electron chi connectivity index (χ0n) is 16.2. The van der Waals surface area contributed by atoms with Crippen LogP contribution in [0, 0.1) is 0 Å². The van der Waals surface area contributed by atoms with E-state index in [0.29, 0.717) is 11.5 Å². The molecule has 2 fully saturated rings. The minimum atomic E-state index is 0.0898. The van der Waals surface area contributed by atoms with Crippen LogP contribution >= 0.6 is 0 Å². The van der Waals surface area contributed by atoms with E-state index < -0.39 is 0 Å². The molecule has 144 valence electrons. The van der Waals surface area contributed by atoms with Gasteiger partial charge in [-0.15, -0.1) is 0 Å². The van der Waals surface area contributed by atoms with E-state index in [1.54, 1.807) is 12.4 Å². The molecule has 0 atom stereocenters. The lowest BCUT2D eigenvalue weighted by molar-refractivity contribution is 0.0627. The summed E-state index contributed by atoms with van der Waals surface area (Å²) < 4.78 is 1.97. The third-order valence-electron chi connectivity index (χ3n) is 5.89. The van der Waals surface area contributed by atoms with E-state index in [2.05, 4.69) is 16.1 Å². The van der Waals surface area contributed by atoms with Crippen LogP contribution in [0.5, 0.6) is 0 Å². The van der Waals surface area contributed by atoms with Gasteiger partial charge in [0.1, 0.15) is 0 Å². The van der Waals surface area contributed by atoms with Crippen molar-refractivity contribution in [3.63, 3.8) is 0 Å². The van der Waals surface area contributed by atoms with Crippen LogP contribution in [0.15, 0.2) is 30.7 Å². The molecule has 1 saturated heterocycles. The van der Waals surface area contributed by atoms with Crippen molar-refractivity contribution in [3.8, 4) is 0 Å². The molecule has 27 heavy (non-hydrogen) atoms. The second-order valence-electron chi connectivity index (χ2n) is 7.86. The summed E-state index contributed by atoms with van der Waals surface area (Å²) >= 11 is 0. The molecule has 0 aromatic carbocycles. The highest BCUT2D eigenvalue weighted by Gasteiger charge is 2.25. The molecule has 4 rings (SSSR count). The van der Waals surface area contributed by atoms with Crippen molar-refractivity contribution < 1.29 is 4.79 Å². The Morgan fingerprint density at radius 3 is 2.63 bits per heavy atom. The van der Waals surface area contributed by atoms with Gasteiger partial charge >= 0.3 is 0 Å². The molecule has 1 aliphatic carbocycles. The largest absolute Gasteiger partial charge is 0.336 e. The van der Waals surface area contributed by atoms with Gasteiger partial charge in [0.25, 0.3) is 5.91 Å². The molecule has 6 heteroatoms. The summed E-state index contributed by atoms with van der Waals surface area (Å²) in [5, 5.41) is 4.80. The molecule has 2 aromatic heterocycles. The van der Waals surface area contributed by atoms with Crippen LogP contribution in [0.4, 0.5) is 0 Å². The van der Waals surface area contributed by atoms with Crippen molar-refractivity contribution in [1.29, 1.82) is 0 Å². The van der Waals surface area contributed by atoms with E-state index in [4.69, 9.17) is 5.10 Å². The first kappa shape index (κ1) is 18.2. The van der Waals surface area contributed by atoms with Gasteiger partial charge in [-0.25, -0.2) is 0 Å². The van der Waals surface area contributed by atoms with Gasteiger partial charge < -0.3 is 4.90 Å². The van der Waals surface area contributed by atoms with Crippen molar-refractivity contribution in [1.82, 2.24) is 24.6 Å². The van der Waals surface area contributed by atoms with E-state index in [1.165, 1.54) is 43.4 Å². The third-order valence-corrected chi connectivity index (χ3v) is 5.89. The van der Waals surface area contributed by atoms with E-state index >= 15 is 0 Å².